The van der Waals surface area contributed by atoms with Crippen molar-refractivity contribution in [3.63, 3.8) is 0 Å². The van der Waals surface area contributed by atoms with Gasteiger partial charge in [-0.2, -0.15) is 0 Å². The lowest BCUT2D eigenvalue weighted by atomic mass is 9.75. The maximum absolute atomic E-state index is 12.6. The summed E-state index contributed by atoms with van der Waals surface area (Å²) in [6.45, 7) is 10.7. The van der Waals surface area contributed by atoms with E-state index < -0.39 is 0 Å². The number of amides is 1. The van der Waals surface area contributed by atoms with Crippen molar-refractivity contribution in [3.05, 3.63) is 0 Å². The fourth-order valence-electron chi connectivity index (χ4n) is 3.24. The average Bonchev–Trinajstić information content (AvgIpc) is 2.48. The minimum Gasteiger partial charge on any atom is -0.379 e. The Hall–Kier alpha value is -0.650. The molecular weight excluding hydrogens is 254 g/mol. The summed E-state index contributed by atoms with van der Waals surface area (Å²) in [4.78, 5) is 15.0. The van der Waals surface area contributed by atoms with Crippen LogP contribution in [-0.4, -0.2) is 62.8 Å². The minimum absolute atomic E-state index is 0.148. The second-order valence-corrected chi connectivity index (χ2v) is 6.17. The first-order valence-electron chi connectivity index (χ1n) is 7.98. The van der Waals surface area contributed by atoms with E-state index in [1.165, 1.54) is 0 Å². The van der Waals surface area contributed by atoms with Crippen molar-refractivity contribution in [2.45, 2.75) is 39.2 Å². The van der Waals surface area contributed by atoms with Crippen LogP contribution in [0.5, 0.6) is 0 Å². The summed E-state index contributed by atoms with van der Waals surface area (Å²) in [6.07, 6.45) is 2.85. The van der Waals surface area contributed by atoms with Crippen LogP contribution in [0.1, 0.15) is 33.1 Å². The van der Waals surface area contributed by atoms with Gasteiger partial charge >= 0.3 is 0 Å². The molecule has 116 valence electrons. The molecule has 0 spiro atoms. The third-order valence-corrected chi connectivity index (χ3v) is 4.73. The van der Waals surface area contributed by atoms with Gasteiger partial charge in [0.25, 0.3) is 0 Å². The standard InChI is InChI=1S/C15H29N3O2/c1-3-15(4-6-16-7-5-15)14(19)17-13(2)12-18-8-10-20-11-9-18/h13,16H,3-12H2,1-2H3,(H,17,19). The number of hydrogen-bond acceptors (Lipinski definition) is 4. The van der Waals surface area contributed by atoms with Crippen molar-refractivity contribution in [1.82, 2.24) is 15.5 Å². The van der Waals surface area contributed by atoms with Gasteiger partial charge in [0.2, 0.25) is 5.91 Å². The molecule has 5 heteroatoms. The van der Waals surface area contributed by atoms with E-state index in [0.29, 0.717) is 0 Å². The lowest BCUT2D eigenvalue weighted by Gasteiger charge is -2.37. The number of piperidine rings is 1. The van der Waals surface area contributed by atoms with Gasteiger partial charge in [0.05, 0.1) is 18.6 Å². The monoisotopic (exact) mass is 283 g/mol. The lowest BCUT2D eigenvalue weighted by Crippen LogP contribution is -2.52. The number of carbonyl (C=O) groups excluding carboxylic acids is 1. The van der Waals surface area contributed by atoms with Crippen LogP contribution in [0.4, 0.5) is 0 Å². The number of morpholine rings is 1. The summed E-state index contributed by atoms with van der Waals surface area (Å²) in [7, 11) is 0. The maximum atomic E-state index is 12.6. The zero-order chi connectivity index (χ0) is 14.4. The largest absolute Gasteiger partial charge is 0.379 e. The van der Waals surface area contributed by atoms with Gasteiger partial charge in [0.15, 0.2) is 0 Å². The molecule has 5 nitrogen and oxygen atoms in total. The molecule has 2 saturated heterocycles. The molecule has 1 atom stereocenters. The van der Waals surface area contributed by atoms with E-state index >= 15 is 0 Å². The molecule has 0 radical (unpaired) electrons. The van der Waals surface area contributed by atoms with Crippen LogP contribution in [0.15, 0.2) is 0 Å². The molecule has 0 saturated carbocycles. The molecule has 1 amide bonds. The van der Waals surface area contributed by atoms with E-state index in [2.05, 4.69) is 29.4 Å². The van der Waals surface area contributed by atoms with Crippen LogP contribution < -0.4 is 10.6 Å². The predicted octanol–water partition coefficient (Wildman–Crippen LogP) is 0.603. The van der Waals surface area contributed by atoms with E-state index in [4.69, 9.17) is 4.74 Å². The fraction of sp³-hybridized carbons (Fsp3) is 0.933. The molecule has 0 bridgehead atoms. The Morgan fingerprint density at radius 2 is 2.00 bits per heavy atom. The molecule has 2 rings (SSSR count). The molecular formula is C15H29N3O2. The van der Waals surface area contributed by atoms with Gasteiger partial charge in [0, 0.05) is 25.7 Å². The highest BCUT2D eigenvalue weighted by Gasteiger charge is 2.38. The minimum atomic E-state index is -0.148. The summed E-state index contributed by atoms with van der Waals surface area (Å²) in [5, 5.41) is 6.59. The van der Waals surface area contributed by atoms with Gasteiger partial charge in [-0.05, 0) is 39.3 Å². The van der Waals surface area contributed by atoms with Crippen LogP contribution in [0.3, 0.4) is 0 Å². The van der Waals surface area contributed by atoms with E-state index in [-0.39, 0.29) is 17.4 Å². The highest BCUT2D eigenvalue weighted by Crippen LogP contribution is 2.32. The molecule has 2 heterocycles. The van der Waals surface area contributed by atoms with Crippen molar-refractivity contribution in [2.24, 2.45) is 5.41 Å². The van der Waals surface area contributed by atoms with Gasteiger partial charge in [0.1, 0.15) is 0 Å². The van der Waals surface area contributed by atoms with Crippen molar-refractivity contribution < 1.29 is 9.53 Å². The van der Waals surface area contributed by atoms with Gasteiger partial charge < -0.3 is 15.4 Å². The smallest absolute Gasteiger partial charge is 0.226 e. The molecule has 0 aromatic carbocycles. The zero-order valence-electron chi connectivity index (χ0n) is 12.9. The molecule has 2 N–H and O–H groups in total. The third-order valence-electron chi connectivity index (χ3n) is 4.73. The summed E-state index contributed by atoms with van der Waals surface area (Å²) < 4.78 is 5.36. The van der Waals surface area contributed by atoms with Crippen LogP contribution >= 0.6 is 0 Å². The lowest BCUT2D eigenvalue weighted by molar-refractivity contribution is -0.133. The number of ether oxygens (including phenoxy) is 1. The molecule has 0 aromatic rings. The van der Waals surface area contributed by atoms with Gasteiger partial charge in [-0.1, -0.05) is 6.92 Å². The van der Waals surface area contributed by atoms with E-state index in [1.54, 1.807) is 0 Å². The van der Waals surface area contributed by atoms with Crippen LogP contribution in [0, 0.1) is 5.41 Å². The molecule has 1 unspecified atom stereocenters. The quantitative estimate of drug-likeness (QED) is 0.776. The molecule has 2 aliphatic rings. The van der Waals surface area contributed by atoms with Crippen LogP contribution in [0.2, 0.25) is 0 Å². The van der Waals surface area contributed by atoms with E-state index in [9.17, 15) is 4.79 Å². The molecule has 2 aliphatic heterocycles. The SMILES string of the molecule is CCC1(C(=O)NC(C)CN2CCOCC2)CCNCC1. The third kappa shape index (κ3) is 3.93. The predicted molar refractivity (Wildman–Crippen MR) is 79.7 cm³/mol. The first kappa shape index (κ1) is 15.7. The number of carbonyl (C=O) groups is 1. The van der Waals surface area contributed by atoms with Crippen molar-refractivity contribution in [3.8, 4) is 0 Å². The van der Waals surface area contributed by atoms with Gasteiger partial charge in [-0.25, -0.2) is 0 Å². The summed E-state index contributed by atoms with van der Waals surface area (Å²) >= 11 is 0. The molecule has 2 fully saturated rings. The van der Waals surface area contributed by atoms with E-state index in [1.807, 2.05) is 0 Å². The zero-order valence-corrected chi connectivity index (χ0v) is 12.9. The Bertz CT molecular complexity index is 310. The first-order valence-corrected chi connectivity index (χ1v) is 7.98. The highest BCUT2D eigenvalue weighted by molar-refractivity contribution is 5.83. The normalized spacial score (nSPS) is 25.1. The Morgan fingerprint density at radius 3 is 2.60 bits per heavy atom. The average molecular weight is 283 g/mol. The molecule has 0 aliphatic carbocycles. The molecule has 20 heavy (non-hydrogen) atoms. The Labute approximate surface area is 122 Å². The number of hydrogen-bond donors (Lipinski definition) is 2. The Morgan fingerprint density at radius 1 is 1.35 bits per heavy atom. The number of nitrogens with zero attached hydrogens (tertiary/aromatic N) is 1. The number of nitrogens with one attached hydrogen (secondary N) is 2. The van der Waals surface area contributed by atoms with Gasteiger partial charge in [-0.3, -0.25) is 9.69 Å². The fourth-order valence-corrected chi connectivity index (χ4v) is 3.24. The first-order chi connectivity index (χ1) is 9.66. The Kier molecular flexibility index (Phi) is 5.81. The van der Waals surface area contributed by atoms with Crippen molar-refractivity contribution in [1.29, 1.82) is 0 Å². The summed E-state index contributed by atoms with van der Waals surface area (Å²) in [5.41, 5.74) is -0.148. The van der Waals surface area contributed by atoms with E-state index in [0.717, 1.165) is 65.2 Å². The Balaban J connectivity index is 1.82. The van der Waals surface area contributed by atoms with Crippen molar-refractivity contribution >= 4 is 5.91 Å². The highest BCUT2D eigenvalue weighted by atomic mass is 16.5. The second-order valence-electron chi connectivity index (χ2n) is 6.17. The topological polar surface area (TPSA) is 53.6 Å². The summed E-state index contributed by atoms with van der Waals surface area (Å²) in [6, 6.07) is 0.207. The summed E-state index contributed by atoms with van der Waals surface area (Å²) in [5.74, 6) is 0.252. The van der Waals surface area contributed by atoms with Gasteiger partial charge in [-0.15, -0.1) is 0 Å². The number of rotatable bonds is 5. The second kappa shape index (κ2) is 7.38. The maximum Gasteiger partial charge on any atom is 0.226 e. The van der Waals surface area contributed by atoms with Crippen LogP contribution in [0.25, 0.3) is 0 Å². The van der Waals surface area contributed by atoms with Crippen molar-refractivity contribution in [2.75, 3.05) is 45.9 Å². The molecule has 0 aromatic heterocycles. The van der Waals surface area contributed by atoms with Crippen LogP contribution in [-0.2, 0) is 9.53 Å².